The summed E-state index contributed by atoms with van der Waals surface area (Å²) in [6.07, 6.45) is 0. The molecule has 92 valence electrons. The van der Waals surface area contributed by atoms with Gasteiger partial charge in [0.25, 0.3) is 5.69 Å². The van der Waals surface area contributed by atoms with Gasteiger partial charge in [-0.1, -0.05) is 19.1 Å². The van der Waals surface area contributed by atoms with Gasteiger partial charge in [-0.2, -0.15) is 0 Å². The minimum absolute atomic E-state index is 0.0324. The summed E-state index contributed by atoms with van der Waals surface area (Å²) in [5, 5.41) is 19.5. The van der Waals surface area contributed by atoms with E-state index in [2.05, 4.69) is 0 Å². The zero-order chi connectivity index (χ0) is 13.2. The first-order chi connectivity index (χ1) is 7.76. The Kier molecular flexibility index (Phi) is 3.47. The van der Waals surface area contributed by atoms with Crippen molar-refractivity contribution in [1.29, 1.82) is 0 Å². The fourth-order valence-electron chi connectivity index (χ4n) is 1.42. The van der Waals surface area contributed by atoms with Crippen molar-refractivity contribution < 1.29 is 14.8 Å². The minimum atomic E-state index is -1.41. The van der Waals surface area contributed by atoms with Gasteiger partial charge < -0.3 is 10.8 Å². The van der Waals surface area contributed by atoms with E-state index in [1.54, 1.807) is 6.92 Å². The number of carbonyl (C=O) groups is 1. The van der Waals surface area contributed by atoms with Crippen LogP contribution in [-0.2, 0) is 4.79 Å². The lowest BCUT2D eigenvalue weighted by atomic mass is 9.83. The molecule has 2 unspecified atom stereocenters. The predicted molar refractivity (Wildman–Crippen MR) is 61.7 cm³/mol. The van der Waals surface area contributed by atoms with E-state index in [1.165, 1.54) is 31.2 Å². The molecule has 0 aromatic heterocycles. The van der Waals surface area contributed by atoms with Crippen molar-refractivity contribution in [2.45, 2.75) is 25.3 Å². The second-order valence-electron chi connectivity index (χ2n) is 4.16. The molecule has 1 aromatic rings. The lowest BCUT2D eigenvalue weighted by molar-refractivity contribution is -0.384. The fourth-order valence-corrected chi connectivity index (χ4v) is 1.42. The molecule has 0 aliphatic heterocycles. The van der Waals surface area contributed by atoms with E-state index >= 15 is 0 Å². The summed E-state index contributed by atoms with van der Waals surface area (Å²) in [5.41, 5.74) is 4.92. The Balaban J connectivity index is 3.02. The third kappa shape index (κ3) is 2.59. The Morgan fingerprint density at radius 2 is 1.94 bits per heavy atom. The summed E-state index contributed by atoms with van der Waals surface area (Å²) in [6.45, 7) is 3.09. The molecular weight excluding hydrogens is 224 g/mol. The number of hydrogen-bond acceptors (Lipinski definition) is 4. The summed E-state index contributed by atoms with van der Waals surface area (Å²) in [7, 11) is 0. The number of nitrogens with two attached hydrogens (primary N) is 1. The van der Waals surface area contributed by atoms with Crippen molar-refractivity contribution in [2.24, 2.45) is 5.73 Å². The van der Waals surface area contributed by atoms with Gasteiger partial charge in [0.2, 0.25) is 0 Å². The Hall–Kier alpha value is -1.95. The second kappa shape index (κ2) is 4.50. The molecule has 2 atom stereocenters. The first-order valence-corrected chi connectivity index (χ1v) is 5.03. The first-order valence-electron chi connectivity index (χ1n) is 5.03. The number of hydrogen-bond donors (Lipinski definition) is 2. The standard InChI is InChI=1S/C11H14N2O4/c1-7(11(2,12)10(14)15)8-3-5-9(6-4-8)13(16)17/h3-7H,12H2,1-2H3,(H,14,15). The first kappa shape index (κ1) is 13.1. The van der Waals surface area contributed by atoms with Crippen LogP contribution >= 0.6 is 0 Å². The molecule has 0 radical (unpaired) electrons. The highest BCUT2D eigenvalue weighted by Gasteiger charge is 2.35. The molecule has 3 N–H and O–H groups in total. The summed E-state index contributed by atoms with van der Waals surface area (Å²) in [4.78, 5) is 20.9. The normalized spacial score (nSPS) is 15.9. The average molecular weight is 238 g/mol. The van der Waals surface area contributed by atoms with Gasteiger partial charge in [0.15, 0.2) is 0 Å². The zero-order valence-corrected chi connectivity index (χ0v) is 9.58. The van der Waals surface area contributed by atoms with Crippen molar-refractivity contribution in [3.63, 3.8) is 0 Å². The van der Waals surface area contributed by atoms with E-state index in [0.717, 1.165) is 0 Å². The van der Waals surface area contributed by atoms with E-state index in [-0.39, 0.29) is 5.69 Å². The zero-order valence-electron chi connectivity index (χ0n) is 9.58. The topological polar surface area (TPSA) is 106 Å². The fraction of sp³-hybridized carbons (Fsp3) is 0.364. The number of carboxylic acids is 1. The third-order valence-corrected chi connectivity index (χ3v) is 2.96. The largest absolute Gasteiger partial charge is 0.480 e. The van der Waals surface area contributed by atoms with Crippen LogP contribution < -0.4 is 5.73 Å². The van der Waals surface area contributed by atoms with Gasteiger partial charge in [-0.05, 0) is 12.5 Å². The van der Waals surface area contributed by atoms with Gasteiger partial charge in [0.1, 0.15) is 5.54 Å². The summed E-state index contributed by atoms with van der Waals surface area (Å²) in [5.74, 6) is -1.55. The van der Waals surface area contributed by atoms with Crippen LogP contribution in [0.3, 0.4) is 0 Å². The molecule has 0 fully saturated rings. The number of nitrogens with zero attached hydrogens (tertiary/aromatic N) is 1. The highest BCUT2D eigenvalue weighted by atomic mass is 16.6. The van der Waals surface area contributed by atoms with Crippen LogP contribution in [0.2, 0.25) is 0 Å². The average Bonchev–Trinajstić information content (AvgIpc) is 2.27. The van der Waals surface area contributed by atoms with E-state index < -0.39 is 22.3 Å². The summed E-state index contributed by atoms with van der Waals surface area (Å²) >= 11 is 0. The van der Waals surface area contributed by atoms with Crippen molar-refractivity contribution in [3.8, 4) is 0 Å². The molecule has 6 heteroatoms. The lowest BCUT2D eigenvalue weighted by Gasteiger charge is -2.27. The molecule has 0 bridgehead atoms. The maximum atomic E-state index is 11.0. The molecule has 17 heavy (non-hydrogen) atoms. The van der Waals surface area contributed by atoms with Crippen LogP contribution in [0.4, 0.5) is 5.69 Å². The van der Waals surface area contributed by atoms with E-state index in [1.807, 2.05) is 0 Å². The summed E-state index contributed by atoms with van der Waals surface area (Å²) in [6, 6.07) is 5.72. The van der Waals surface area contributed by atoms with Gasteiger partial charge >= 0.3 is 5.97 Å². The van der Waals surface area contributed by atoms with Gasteiger partial charge in [-0.15, -0.1) is 0 Å². The molecule has 0 heterocycles. The van der Waals surface area contributed by atoms with Gasteiger partial charge in [0, 0.05) is 18.1 Å². The maximum Gasteiger partial charge on any atom is 0.324 e. The smallest absolute Gasteiger partial charge is 0.324 e. The molecule has 6 nitrogen and oxygen atoms in total. The van der Waals surface area contributed by atoms with Crippen LogP contribution in [0.15, 0.2) is 24.3 Å². The highest BCUT2D eigenvalue weighted by molar-refractivity contribution is 5.79. The predicted octanol–water partition coefficient (Wildman–Crippen LogP) is 1.50. The monoisotopic (exact) mass is 238 g/mol. The number of benzene rings is 1. The SMILES string of the molecule is CC(c1ccc([N+](=O)[O-])cc1)C(C)(N)C(=O)O. The van der Waals surface area contributed by atoms with Gasteiger partial charge in [0.05, 0.1) is 4.92 Å². The number of non-ortho nitro benzene ring substituents is 1. The van der Waals surface area contributed by atoms with E-state index in [9.17, 15) is 14.9 Å². The molecule has 1 rings (SSSR count). The van der Waals surface area contributed by atoms with E-state index in [0.29, 0.717) is 5.56 Å². The van der Waals surface area contributed by atoms with Gasteiger partial charge in [-0.3, -0.25) is 14.9 Å². The quantitative estimate of drug-likeness (QED) is 0.610. The van der Waals surface area contributed by atoms with Crippen molar-refractivity contribution >= 4 is 11.7 Å². The van der Waals surface area contributed by atoms with Crippen molar-refractivity contribution in [3.05, 3.63) is 39.9 Å². The number of aliphatic carboxylic acids is 1. The number of nitro benzene ring substituents is 1. The Bertz CT molecular complexity index is 439. The van der Waals surface area contributed by atoms with Crippen molar-refractivity contribution in [1.82, 2.24) is 0 Å². The van der Waals surface area contributed by atoms with Crippen LogP contribution in [0.1, 0.15) is 25.3 Å². The number of rotatable bonds is 4. The molecule has 0 spiro atoms. The van der Waals surface area contributed by atoms with Crippen molar-refractivity contribution in [2.75, 3.05) is 0 Å². The van der Waals surface area contributed by atoms with Crippen LogP contribution in [0.5, 0.6) is 0 Å². The Morgan fingerprint density at radius 1 is 1.47 bits per heavy atom. The highest BCUT2D eigenvalue weighted by Crippen LogP contribution is 2.27. The third-order valence-electron chi connectivity index (χ3n) is 2.96. The van der Waals surface area contributed by atoms with Crippen LogP contribution in [0.25, 0.3) is 0 Å². The molecule has 0 aliphatic rings. The summed E-state index contributed by atoms with van der Waals surface area (Å²) < 4.78 is 0. The molecule has 0 aliphatic carbocycles. The number of nitro groups is 1. The molecule has 0 saturated carbocycles. The Labute approximate surface area is 98.2 Å². The van der Waals surface area contributed by atoms with E-state index in [4.69, 9.17) is 10.8 Å². The van der Waals surface area contributed by atoms with Gasteiger partial charge in [-0.25, -0.2) is 0 Å². The maximum absolute atomic E-state index is 11.0. The molecule has 0 amide bonds. The Morgan fingerprint density at radius 3 is 2.29 bits per heavy atom. The molecule has 0 saturated heterocycles. The molecule has 1 aromatic carbocycles. The minimum Gasteiger partial charge on any atom is -0.480 e. The van der Waals surface area contributed by atoms with Crippen LogP contribution in [-0.4, -0.2) is 21.5 Å². The second-order valence-corrected chi connectivity index (χ2v) is 4.16. The van der Waals surface area contributed by atoms with Crippen LogP contribution in [0, 0.1) is 10.1 Å². The number of carboxylic acid groups (broad SMARTS) is 1. The lowest BCUT2D eigenvalue weighted by Crippen LogP contribution is -2.49. The molecular formula is C11H14N2O4.